The Morgan fingerprint density at radius 2 is 2.31 bits per heavy atom. The molecule has 4 N–H and O–H groups in total. The number of hydrogen-bond donors (Lipinski definition) is 3. The third kappa shape index (κ3) is 2.06. The molecule has 13 heavy (non-hydrogen) atoms. The summed E-state index contributed by atoms with van der Waals surface area (Å²) in [5.74, 6) is -1.28. The van der Waals surface area contributed by atoms with Crippen LogP contribution < -0.4 is 11.1 Å². The molecule has 72 valence electrons. The van der Waals surface area contributed by atoms with Crippen LogP contribution in [0.2, 0.25) is 0 Å². The molecule has 5 nitrogen and oxygen atoms in total. The van der Waals surface area contributed by atoms with Gasteiger partial charge in [-0.3, -0.25) is 4.79 Å². The molecule has 1 atom stereocenters. The molecule has 0 saturated carbocycles. The van der Waals surface area contributed by atoms with Crippen LogP contribution >= 0.6 is 0 Å². The Bertz CT molecular complexity index is 254. The van der Waals surface area contributed by atoms with E-state index in [0.29, 0.717) is 12.8 Å². The van der Waals surface area contributed by atoms with Crippen molar-refractivity contribution in [3.05, 3.63) is 11.3 Å². The average molecular weight is 184 g/mol. The van der Waals surface area contributed by atoms with Gasteiger partial charge in [0.15, 0.2) is 0 Å². The van der Waals surface area contributed by atoms with E-state index < -0.39 is 5.97 Å². The van der Waals surface area contributed by atoms with Gasteiger partial charge in [0.05, 0.1) is 0 Å². The first-order valence-corrected chi connectivity index (χ1v) is 4.05. The molecule has 0 amide bonds. The number of hydrogen-bond acceptors (Lipinski definition) is 4. The number of aliphatic carboxylic acids is 1. The highest BCUT2D eigenvalue weighted by molar-refractivity contribution is 5.93. The maximum Gasteiger partial charge on any atom is 0.352 e. The van der Waals surface area contributed by atoms with E-state index in [1.54, 1.807) is 0 Å². The number of carboxylic acids is 1. The van der Waals surface area contributed by atoms with E-state index in [2.05, 4.69) is 5.32 Å². The first kappa shape index (κ1) is 9.73. The van der Waals surface area contributed by atoms with Gasteiger partial charge in [-0.15, -0.1) is 0 Å². The summed E-state index contributed by atoms with van der Waals surface area (Å²) < 4.78 is 0. The number of aldehydes is 1. The van der Waals surface area contributed by atoms with Gasteiger partial charge >= 0.3 is 5.97 Å². The maximum absolute atomic E-state index is 10.6. The third-order valence-corrected chi connectivity index (χ3v) is 2.17. The zero-order valence-corrected chi connectivity index (χ0v) is 7.12. The van der Waals surface area contributed by atoms with Crippen LogP contribution in [0, 0.1) is 5.92 Å². The molecule has 0 aliphatic carbocycles. The van der Waals surface area contributed by atoms with E-state index in [0.717, 1.165) is 13.0 Å². The molecule has 1 heterocycles. The Morgan fingerprint density at radius 1 is 1.62 bits per heavy atom. The molecule has 1 saturated heterocycles. The fourth-order valence-corrected chi connectivity index (χ4v) is 1.42. The highest BCUT2D eigenvalue weighted by Gasteiger charge is 2.23. The van der Waals surface area contributed by atoms with E-state index in [1.165, 1.54) is 0 Å². The third-order valence-electron chi connectivity index (χ3n) is 2.17. The van der Waals surface area contributed by atoms with Gasteiger partial charge in [-0.05, 0) is 13.0 Å². The van der Waals surface area contributed by atoms with Crippen molar-refractivity contribution < 1.29 is 14.7 Å². The molecule has 1 aliphatic heterocycles. The van der Waals surface area contributed by atoms with Crippen LogP contribution in [0.15, 0.2) is 11.3 Å². The predicted molar refractivity (Wildman–Crippen MR) is 45.9 cm³/mol. The van der Waals surface area contributed by atoms with E-state index >= 15 is 0 Å². The highest BCUT2D eigenvalue weighted by atomic mass is 16.4. The number of nitrogens with one attached hydrogen (secondary N) is 1. The molecule has 0 radical (unpaired) electrons. The standard InChI is InChI=1S/C8H12N2O3/c9-7(8(12)13)6(4-11)5-1-2-10-3-5/h4-5,10H,1-3,9H2,(H,12,13). The Balaban J connectivity index is 2.87. The summed E-state index contributed by atoms with van der Waals surface area (Å²) in [4.78, 5) is 21.1. The number of carboxylic acid groups (broad SMARTS) is 1. The van der Waals surface area contributed by atoms with Crippen molar-refractivity contribution in [3.63, 3.8) is 0 Å². The second kappa shape index (κ2) is 4.04. The van der Waals surface area contributed by atoms with Crippen LogP contribution in [0.5, 0.6) is 0 Å². The largest absolute Gasteiger partial charge is 0.477 e. The summed E-state index contributed by atoms with van der Waals surface area (Å²) in [6.45, 7) is 1.43. The molecule has 1 unspecified atom stereocenters. The Labute approximate surface area is 75.6 Å². The number of carbonyl (C=O) groups is 2. The molecule has 0 aromatic carbocycles. The molecular weight excluding hydrogens is 172 g/mol. The maximum atomic E-state index is 10.6. The van der Waals surface area contributed by atoms with Crippen molar-refractivity contribution >= 4 is 12.3 Å². The quantitative estimate of drug-likeness (QED) is 0.390. The van der Waals surface area contributed by atoms with Gasteiger partial charge in [0.25, 0.3) is 0 Å². The number of nitrogens with two attached hydrogens (primary N) is 1. The fourth-order valence-electron chi connectivity index (χ4n) is 1.42. The minimum absolute atomic E-state index is 0.0476. The van der Waals surface area contributed by atoms with Crippen LogP contribution in [-0.2, 0) is 9.59 Å². The summed E-state index contributed by atoms with van der Waals surface area (Å²) in [5.41, 5.74) is 5.15. The van der Waals surface area contributed by atoms with Crippen LogP contribution in [0.25, 0.3) is 0 Å². The number of rotatable bonds is 3. The Kier molecular flexibility index (Phi) is 3.02. The summed E-state index contributed by atoms with van der Waals surface area (Å²) in [6, 6.07) is 0. The second-order valence-corrected chi connectivity index (χ2v) is 2.98. The van der Waals surface area contributed by atoms with Crippen LogP contribution in [0.4, 0.5) is 0 Å². The van der Waals surface area contributed by atoms with Crippen molar-refractivity contribution in [2.45, 2.75) is 6.42 Å². The summed E-state index contributed by atoms with van der Waals surface area (Å²) >= 11 is 0. The molecule has 1 aliphatic rings. The van der Waals surface area contributed by atoms with E-state index in [-0.39, 0.29) is 17.2 Å². The average Bonchev–Trinajstić information content (AvgIpc) is 2.58. The fraction of sp³-hybridized carbons (Fsp3) is 0.500. The molecular formula is C8H12N2O3. The molecule has 0 aromatic rings. The van der Waals surface area contributed by atoms with Gasteiger partial charge in [-0.2, -0.15) is 0 Å². The van der Waals surface area contributed by atoms with E-state index in [4.69, 9.17) is 10.8 Å². The van der Waals surface area contributed by atoms with Crippen molar-refractivity contribution in [2.24, 2.45) is 11.7 Å². The second-order valence-electron chi connectivity index (χ2n) is 2.98. The lowest BCUT2D eigenvalue weighted by molar-refractivity contribution is -0.133. The first-order chi connectivity index (χ1) is 6.16. The summed E-state index contributed by atoms with van der Waals surface area (Å²) in [7, 11) is 0. The Hall–Kier alpha value is -1.36. The lowest BCUT2D eigenvalue weighted by atomic mass is 9.97. The highest BCUT2D eigenvalue weighted by Crippen LogP contribution is 2.18. The molecule has 0 aromatic heterocycles. The molecule has 0 spiro atoms. The van der Waals surface area contributed by atoms with Gasteiger partial charge in [0, 0.05) is 18.0 Å². The minimum Gasteiger partial charge on any atom is -0.477 e. The molecule has 0 bridgehead atoms. The smallest absolute Gasteiger partial charge is 0.352 e. The number of carbonyl (C=O) groups excluding carboxylic acids is 1. The van der Waals surface area contributed by atoms with Gasteiger partial charge in [-0.25, -0.2) is 4.79 Å². The zero-order valence-electron chi connectivity index (χ0n) is 7.12. The normalized spacial score (nSPS) is 23.8. The van der Waals surface area contributed by atoms with E-state index in [9.17, 15) is 9.59 Å². The SMILES string of the molecule is NC(C(=O)O)=C(C=O)C1CCNC1. The van der Waals surface area contributed by atoms with Crippen molar-refractivity contribution in [2.75, 3.05) is 13.1 Å². The lowest BCUT2D eigenvalue weighted by Gasteiger charge is -2.08. The Morgan fingerprint density at radius 3 is 2.69 bits per heavy atom. The molecule has 1 rings (SSSR count). The van der Waals surface area contributed by atoms with Crippen molar-refractivity contribution in [1.82, 2.24) is 5.32 Å². The minimum atomic E-state index is -1.23. The summed E-state index contributed by atoms with van der Waals surface area (Å²) in [6.07, 6.45) is 1.31. The molecule has 5 heteroatoms. The van der Waals surface area contributed by atoms with Gasteiger partial charge < -0.3 is 16.2 Å². The first-order valence-electron chi connectivity index (χ1n) is 4.05. The van der Waals surface area contributed by atoms with Crippen LogP contribution in [-0.4, -0.2) is 30.5 Å². The zero-order chi connectivity index (χ0) is 9.84. The van der Waals surface area contributed by atoms with Gasteiger partial charge in [0.2, 0.25) is 0 Å². The van der Waals surface area contributed by atoms with Crippen molar-refractivity contribution in [1.29, 1.82) is 0 Å². The topological polar surface area (TPSA) is 92.4 Å². The lowest BCUT2D eigenvalue weighted by Crippen LogP contribution is -2.20. The summed E-state index contributed by atoms with van der Waals surface area (Å²) in [5, 5.41) is 11.6. The van der Waals surface area contributed by atoms with Gasteiger partial charge in [0.1, 0.15) is 12.0 Å². The van der Waals surface area contributed by atoms with Gasteiger partial charge in [-0.1, -0.05) is 0 Å². The van der Waals surface area contributed by atoms with E-state index in [1.807, 2.05) is 0 Å². The van der Waals surface area contributed by atoms with Crippen LogP contribution in [0.3, 0.4) is 0 Å². The monoisotopic (exact) mass is 184 g/mol. The predicted octanol–water partition coefficient (Wildman–Crippen LogP) is -0.908. The van der Waals surface area contributed by atoms with Crippen molar-refractivity contribution in [3.8, 4) is 0 Å². The molecule has 1 fully saturated rings. The van der Waals surface area contributed by atoms with Crippen LogP contribution in [0.1, 0.15) is 6.42 Å².